The quantitative estimate of drug-likeness (QED) is 0.578. The van der Waals surface area contributed by atoms with Crippen LogP contribution in [0.25, 0.3) is 5.57 Å². The van der Waals surface area contributed by atoms with Crippen LogP contribution < -0.4 is 10.2 Å². The van der Waals surface area contributed by atoms with Gasteiger partial charge in [-0.15, -0.1) is 0 Å². The molecule has 1 aliphatic rings. The second-order valence-electron chi connectivity index (χ2n) is 8.06. The van der Waals surface area contributed by atoms with Crippen molar-refractivity contribution in [3.05, 3.63) is 66.0 Å². The number of anilines is 2. The maximum Gasteiger partial charge on any atom is 0.417 e. The van der Waals surface area contributed by atoms with Gasteiger partial charge in [0.15, 0.2) is 0 Å². The number of hydrogen-bond donors (Lipinski definition) is 2. The van der Waals surface area contributed by atoms with Gasteiger partial charge in [0.2, 0.25) is 0 Å². The molecule has 1 saturated heterocycles. The highest BCUT2D eigenvalue weighted by molar-refractivity contribution is 5.77. The number of nitrogens with one attached hydrogen (secondary N) is 1. The molecule has 2 N–H and O–H groups in total. The molecule has 0 aromatic carbocycles. The zero-order valence-corrected chi connectivity index (χ0v) is 18.9. The Labute approximate surface area is 192 Å². The number of allylic oxidation sites excluding steroid dienone is 1. The predicted molar refractivity (Wildman–Crippen MR) is 125 cm³/mol. The molecule has 0 aliphatic carbocycles. The zero-order chi connectivity index (χ0) is 24.0. The van der Waals surface area contributed by atoms with Gasteiger partial charge in [0.05, 0.1) is 12.2 Å². The van der Waals surface area contributed by atoms with E-state index in [0.29, 0.717) is 24.7 Å². The van der Waals surface area contributed by atoms with Gasteiger partial charge in [0.1, 0.15) is 11.6 Å². The minimum absolute atomic E-state index is 0.0411. The van der Waals surface area contributed by atoms with Crippen LogP contribution in [0.15, 0.2) is 54.9 Å². The van der Waals surface area contributed by atoms with Crippen LogP contribution in [0.1, 0.15) is 25.0 Å². The van der Waals surface area contributed by atoms with E-state index >= 15 is 0 Å². The summed E-state index contributed by atoms with van der Waals surface area (Å²) in [5.74, 6) is 1.26. The summed E-state index contributed by atoms with van der Waals surface area (Å²) >= 11 is 0. The number of aromatic nitrogens is 2. The van der Waals surface area contributed by atoms with E-state index in [4.69, 9.17) is 5.11 Å². The van der Waals surface area contributed by atoms with E-state index in [1.165, 1.54) is 6.07 Å². The topological polar surface area (TPSA) is 64.5 Å². The number of rotatable bonds is 8. The number of pyridine rings is 2. The first-order valence-electron chi connectivity index (χ1n) is 10.9. The van der Waals surface area contributed by atoms with Crippen LogP contribution in [-0.4, -0.2) is 65.3 Å². The molecule has 0 amide bonds. The second kappa shape index (κ2) is 10.8. The van der Waals surface area contributed by atoms with Gasteiger partial charge in [-0.1, -0.05) is 12.7 Å². The summed E-state index contributed by atoms with van der Waals surface area (Å²) in [6.45, 7) is 11.7. The molecule has 3 rings (SSSR count). The van der Waals surface area contributed by atoms with E-state index in [-0.39, 0.29) is 12.6 Å². The lowest BCUT2D eigenvalue weighted by Crippen LogP contribution is -2.52. The first-order chi connectivity index (χ1) is 15.7. The molecular formula is C24H30F3N5O. The molecule has 3 heterocycles. The molecule has 178 valence electrons. The summed E-state index contributed by atoms with van der Waals surface area (Å²) in [5.41, 5.74) is 2.19. The smallest absolute Gasteiger partial charge is 0.395 e. The molecule has 9 heteroatoms. The van der Waals surface area contributed by atoms with Crippen molar-refractivity contribution >= 4 is 17.2 Å². The Morgan fingerprint density at radius 2 is 2.00 bits per heavy atom. The molecule has 33 heavy (non-hydrogen) atoms. The lowest BCUT2D eigenvalue weighted by molar-refractivity contribution is -0.137. The van der Waals surface area contributed by atoms with Crippen molar-refractivity contribution in [2.75, 3.05) is 49.5 Å². The number of alkyl halides is 3. The molecule has 2 aromatic rings. The first-order valence-corrected chi connectivity index (χ1v) is 10.9. The average Bonchev–Trinajstić information content (AvgIpc) is 2.81. The third kappa shape index (κ3) is 6.33. The Kier molecular flexibility index (Phi) is 8.10. The molecule has 0 bridgehead atoms. The maximum atomic E-state index is 12.8. The zero-order valence-electron chi connectivity index (χ0n) is 18.9. The minimum Gasteiger partial charge on any atom is -0.395 e. The fraction of sp³-hybridized carbons (Fsp3) is 0.417. The fourth-order valence-electron chi connectivity index (χ4n) is 3.89. The number of hydrogen-bond acceptors (Lipinski definition) is 6. The maximum absolute atomic E-state index is 12.8. The predicted octanol–water partition coefficient (Wildman–Crippen LogP) is 4.07. The summed E-state index contributed by atoms with van der Waals surface area (Å²) in [5, 5.41) is 11.9. The second-order valence-corrected chi connectivity index (χ2v) is 8.06. The van der Waals surface area contributed by atoms with Crippen molar-refractivity contribution in [2.45, 2.75) is 26.1 Å². The molecular weight excluding hydrogens is 431 g/mol. The molecule has 6 nitrogen and oxygen atoms in total. The van der Waals surface area contributed by atoms with Gasteiger partial charge >= 0.3 is 6.18 Å². The van der Waals surface area contributed by atoms with Crippen LogP contribution in [-0.2, 0) is 6.18 Å². The van der Waals surface area contributed by atoms with Crippen molar-refractivity contribution in [3.8, 4) is 0 Å². The summed E-state index contributed by atoms with van der Waals surface area (Å²) < 4.78 is 38.4. The van der Waals surface area contributed by atoms with Gasteiger partial charge in [-0.2, -0.15) is 13.2 Å². The normalized spacial score (nSPS) is 17.8. The van der Waals surface area contributed by atoms with E-state index < -0.39 is 11.7 Å². The standard InChI is InChI=1S/C24H30F3N5O/c1-4-19(18(3)20-5-7-22(29-13-20)28-9-12-33)16-31-10-11-32(17(2)15-31)23-8-6-21(14-30-23)24(25,26)27/h4-8,13-14,17,33H,3,9-12,15-16H2,1-2H3,(H,28,29)/b19-4-/t17-/m1/s1. The van der Waals surface area contributed by atoms with Gasteiger partial charge in [-0.05, 0) is 54.8 Å². The van der Waals surface area contributed by atoms with Crippen LogP contribution in [0.4, 0.5) is 24.8 Å². The Balaban J connectivity index is 1.59. The third-order valence-electron chi connectivity index (χ3n) is 5.74. The van der Waals surface area contributed by atoms with Crippen LogP contribution >= 0.6 is 0 Å². The van der Waals surface area contributed by atoms with Gasteiger partial charge < -0.3 is 15.3 Å². The average molecular weight is 462 g/mol. The number of nitrogens with zero attached hydrogens (tertiary/aromatic N) is 4. The molecule has 0 radical (unpaired) electrons. The Morgan fingerprint density at radius 1 is 1.21 bits per heavy atom. The van der Waals surface area contributed by atoms with Crippen molar-refractivity contribution in [3.63, 3.8) is 0 Å². The number of halogens is 3. The molecule has 0 spiro atoms. The Bertz CT molecular complexity index is 958. The van der Waals surface area contributed by atoms with E-state index in [9.17, 15) is 13.2 Å². The van der Waals surface area contributed by atoms with Crippen molar-refractivity contribution in [1.82, 2.24) is 14.9 Å². The lowest BCUT2D eigenvalue weighted by atomic mass is 9.99. The van der Waals surface area contributed by atoms with E-state index in [1.54, 1.807) is 6.20 Å². The summed E-state index contributed by atoms with van der Waals surface area (Å²) in [7, 11) is 0. The van der Waals surface area contributed by atoms with Crippen LogP contribution in [0, 0.1) is 0 Å². The first kappa shape index (κ1) is 24.7. The van der Waals surface area contributed by atoms with Crippen molar-refractivity contribution in [1.29, 1.82) is 0 Å². The van der Waals surface area contributed by atoms with Crippen molar-refractivity contribution < 1.29 is 18.3 Å². The number of piperazine rings is 1. The molecule has 2 aromatic heterocycles. The van der Waals surface area contributed by atoms with E-state index in [2.05, 4.69) is 39.8 Å². The van der Waals surface area contributed by atoms with E-state index in [0.717, 1.165) is 48.6 Å². The fourth-order valence-corrected chi connectivity index (χ4v) is 3.89. The number of aliphatic hydroxyl groups is 1. The molecule has 0 saturated carbocycles. The number of aliphatic hydroxyl groups excluding tert-OH is 1. The monoisotopic (exact) mass is 461 g/mol. The highest BCUT2D eigenvalue weighted by atomic mass is 19.4. The molecule has 1 atom stereocenters. The highest BCUT2D eigenvalue weighted by Gasteiger charge is 2.31. The largest absolute Gasteiger partial charge is 0.417 e. The highest BCUT2D eigenvalue weighted by Crippen LogP contribution is 2.30. The lowest BCUT2D eigenvalue weighted by Gasteiger charge is -2.41. The Morgan fingerprint density at radius 3 is 2.55 bits per heavy atom. The van der Waals surface area contributed by atoms with Gasteiger partial charge in [-0.25, -0.2) is 9.97 Å². The SMILES string of the molecule is C=C(/C(=C\C)CN1CCN(c2ccc(C(F)(F)F)cn2)[C@H](C)C1)c1ccc(NCCO)nc1. The van der Waals surface area contributed by atoms with Crippen molar-refractivity contribution in [2.24, 2.45) is 0 Å². The molecule has 0 unspecified atom stereocenters. The summed E-state index contributed by atoms with van der Waals surface area (Å²) in [6, 6.07) is 6.45. The van der Waals surface area contributed by atoms with Gasteiger partial charge in [0.25, 0.3) is 0 Å². The van der Waals surface area contributed by atoms with E-state index in [1.807, 2.05) is 24.0 Å². The third-order valence-corrected chi connectivity index (χ3v) is 5.74. The summed E-state index contributed by atoms with van der Waals surface area (Å²) in [4.78, 5) is 12.8. The molecule has 1 fully saturated rings. The van der Waals surface area contributed by atoms with Crippen LogP contribution in [0.3, 0.4) is 0 Å². The molecule has 1 aliphatic heterocycles. The minimum atomic E-state index is -4.38. The summed E-state index contributed by atoms with van der Waals surface area (Å²) in [6.07, 6.45) is 0.332. The van der Waals surface area contributed by atoms with Crippen LogP contribution in [0.2, 0.25) is 0 Å². The van der Waals surface area contributed by atoms with Gasteiger partial charge in [-0.3, -0.25) is 4.90 Å². The Hall–Kier alpha value is -2.91. The van der Waals surface area contributed by atoms with Gasteiger partial charge in [0, 0.05) is 51.2 Å². The van der Waals surface area contributed by atoms with Crippen LogP contribution in [0.5, 0.6) is 0 Å².